The van der Waals surface area contributed by atoms with E-state index >= 15 is 0 Å². The van der Waals surface area contributed by atoms with Crippen molar-refractivity contribution >= 4 is 0 Å². The molecule has 0 bridgehead atoms. The molecule has 1 aliphatic carbocycles. The zero-order chi connectivity index (χ0) is 15.8. The third-order valence-electron chi connectivity index (χ3n) is 4.00. The minimum atomic E-state index is -2.82. The summed E-state index contributed by atoms with van der Waals surface area (Å²) in [5.41, 5.74) is -0.315. The molecule has 1 saturated heterocycles. The minimum Gasteiger partial charge on any atom is -0.366 e. The highest BCUT2D eigenvalue weighted by atomic mass is 19.3. The number of alkyl halides is 2. The average molecular weight is 315 g/mol. The predicted octanol–water partition coefficient (Wildman–Crippen LogP) is 1.61. The molecule has 2 unspecified atom stereocenters. The van der Waals surface area contributed by atoms with Gasteiger partial charge in [-0.05, 0) is 5.56 Å². The monoisotopic (exact) mass is 315 g/mol. The lowest BCUT2D eigenvalue weighted by molar-refractivity contribution is -0.252. The van der Waals surface area contributed by atoms with Crippen LogP contribution in [0.15, 0.2) is 30.3 Å². The number of epoxide rings is 1. The summed E-state index contributed by atoms with van der Waals surface area (Å²) in [6, 6.07) is 9.45. The van der Waals surface area contributed by atoms with Crippen LogP contribution in [0.3, 0.4) is 0 Å². The summed E-state index contributed by atoms with van der Waals surface area (Å²) >= 11 is 0. The number of aliphatic hydroxyl groups excluding tert-OH is 1. The van der Waals surface area contributed by atoms with Crippen LogP contribution in [0.4, 0.5) is 8.78 Å². The Balaban J connectivity index is 1.63. The molecule has 0 amide bonds. The lowest BCUT2D eigenvalue weighted by atomic mass is 9.72. The third kappa shape index (κ3) is 3.13. The van der Waals surface area contributed by atoms with Crippen LogP contribution >= 0.6 is 0 Å². The van der Waals surface area contributed by atoms with E-state index < -0.39 is 36.5 Å². The van der Waals surface area contributed by atoms with Crippen molar-refractivity contribution in [1.82, 2.24) is 5.32 Å². The zero-order valence-corrected chi connectivity index (χ0v) is 12.2. The van der Waals surface area contributed by atoms with Gasteiger partial charge in [0.25, 0.3) is 11.8 Å². The Morgan fingerprint density at radius 2 is 1.95 bits per heavy atom. The van der Waals surface area contributed by atoms with Gasteiger partial charge in [-0.1, -0.05) is 30.3 Å². The molecule has 5 nitrogen and oxygen atoms in total. The van der Waals surface area contributed by atoms with Crippen molar-refractivity contribution in [3.63, 3.8) is 0 Å². The summed E-state index contributed by atoms with van der Waals surface area (Å²) in [7, 11) is 1.27. The molecule has 0 spiro atoms. The predicted molar refractivity (Wildman–Crippen MR) is 73.0 cm³/mol. The van der Waals surface area contributed by atoms with E-state index in [4.69, 9.17) is 14.2 Å². The van der Waals surface area contributed by atoms with E-state index in [0.717, 1.165) is 5.56 Å². The van der Waals surface area contributed by atoms with Crippen LogP contribution in [-0.4, -0.2) is 42.5 Å². The SMILES string of the molecule is COC(O)C1(NC2(OCc3ccccc3)CO2)CC(F)(F)C1. The van der Waals surface area contributed by atoms with E-state index in [1.807, 2.05) is 30.3 Å². The molecular weight excluding hydrogens is 296 g/mol. The number of aliphatic hydroxyl groups is 1. The second kappa shape index (κ2) is 5.50. The third-order valence-corrected chi connectivity index (χ3v) is 4.00. The normalized spacial score (nSPS) is 29.6. The smallest absolute Gasteiger partial charge is 0.253 e. The van der Waals surface area contributed by atoms with Crippen LogP contribution in [0.25, 0.3) is 0 Å². The zero-order valence-electron chi connectivity index (χ0n) is 12.2. The number of halogens is 2. The average Bonchev–Trinajstić information content (AvgIpc) is 3.23. The topological polar surface area (TPSA) is 63.2 Å². The van der Waals surface area contributed by atoms with E-state index in [2.05, 4.69) is 5.32 Å². The Labute approximate surface area is 127 Å². The van der Waals surface area contributed by atoms with E-state index in [1.54, 1.807) is 0 Å². The number of methoxy groups -OCH3 is 1. The molecule has 7 heteroatoms. The van der Waals surface area contributed by atoms with Gasteiger partial charge in [0.15, 0.2) is 6.29 Å². The second-order valence-electron chi connectivity index (χ2n) is 5.89. The van der Waals surface area contributed by atoms with Crippen molar-refractivity contribution in [1.29, 1.82) is 0 Å². The Kier molecular flexibility index (Phi) is 3.94. The first-order valence-electron chi connectivity index (χ1n) is 7.09. The number of benzene rings is 1. The van der Waals surface area contributed by atoms with Crippen molar-refractivity contribution < 1.29 is 28.1 Å². The van der Waals surface area contributed by atoms with Gasteiger partial charge >= 0.3 is 0 Å². The maximum Gasteiger partial charge on any atom is 0.253 e. The highest BCUT2D eigenvalue weighted by Gasteiger charge is 2.65. The van der Waals surface area contributed by atoms with Gasteiger partial charge in [-0.25, -0.2) is 8.78 Å². The van der Waals surface area contributed by atoms with Gasteiger partial charge in [-0.15, -0.1) is 0 Å². The molecule has 2 aliphatic rings. The number of hydrogen-bond acceptors (Lipinski definition) is 5. The Bertz CT molecular complexity index is 514. The van der Waals surface area contributed by atoms with Gasteiger partial charge in [0.05, 0.1) is 12.1 Å². The molecule has 1 aliphatic heterocycles. The van der Waals surface area contributed by atoms with Crippen LogP contribution in [0, 0.1) is 0 Å². The molecule has 1 saturated carbocycles. The van der Waals surface area contributed by atoms with E-state index in [0.29, 0.717) is 0 Å². The first-order valence-corrected chi connectivity index (χ1v) is 7.09. The van der Waals surface area contributed by atoms with Gasteiger partial charge in [-0.3, -0.25) is 5.32 Å². The summed E-state index contributed by atoms with van der Waals surface area (Å²) in [5.74, 6) is -3.95. The van der Waals surface area contributed by atoms with E-state index in [9.17, 15) is 13.9 Å². The molecule has 22 heavy (non-hydrogen) atoms. The summed E-state index contributed by atoms with van der Waals surface area (Å²) < 4.78 is 42.4. The van der Waals surface area contributed by atoms with Crippen LogP contribution in [0.5, 0.6) is 0 Å². The Hall–Kier alpha value is -1.12. The summed E-state index contributed by atoms with van der Waals surface area (Å²) in [6.07, 6.45) is -2.39. The summed E-state index contributed by atoms with van der Waals surface area (Å²) in [4.78, 5) is 0. The second-order valence-corrected chi connectivity index (χ2v) is 5.89. The molecule has 1 aromatic carbocycles. The number of rotatable bonds is 7. The van der Waals surface area contributed by atoms with Crippen LogP contribution in [-0.2, 0) is 20.8 Å². The lowest BCUT2D eigenvalue weighted by Gasteiger charge is -2.50. The Morgan fingerprint density at radius 3 is 2.45 bits per heavy atom. The highest BCUT2D eigenvalue weighted by molar-refractivity contribution is 5.14. The largest absolute Gasteiger partial charge is 0.366 e. The van der Waals surface area contributed by atoms with Gasteiger partial charge in [0.2, 0.25) is 0 Å². The van der Waals surface area contributed by atoms with Crippen LogP contribution in [0.1, 0.15) is 18.4 Å². The van der Waals surface area contributed by atoms with Crippen molar-refractivity contribution in [2.75, 3.05) is 13.7 Å². The number of nitrogens with one attached hydrogen (secondary N) is 1. The molecule has 3 rings (SSSR count). The van der Waals surface area contributed by atoms with E-state index in [-0.39, 0.29) is 13.2 Å². The molecule has 1 heterocycles. The van der Waals surface area contributed by atoms with Gasteiger partial charge in [-0.2, -0.15) is 0 Å². The molecular formula is C15H19F2NO4. The molecule has 2 atom stereocenters. The van der Waals surface area contributed by atoms with Crippen LogP contribution in [0.2, 0.25) is 0 Å². The minimum absolute atomic E-state index is 0.240. The van der Waals surface area contributed by atoms with Crippen molar-refractivity contribution in [2.24, 2.45) is 0 Å². The highest BCUT2D eigenvalue weighted by Crippen LogP contribution is 2.49. The molecule has 2 N–H and O–H groups in total. The fourth-order valence-electron chi connectivity index (χ4n) is 2.83. The van der Waals surface area contributed by atoms with Gasteiger partial charge < -0.3 is 19.3 Å². The molecule has 2 fully saturated rings. The maximum atomic E-state index is 13.3. The van der Waals surface area contributed by atoms with Gasteiger partial charge in [0, 0.05) is 20.0 Å². The number of ether oxygens (including phenoxy) is 3. The fraction of sp³-hybridized carbons (Fsp3) is 0.600. The first-order chi connectivity index (χ1) is 10.4. The molecule has 122 valence electrons. The maximum absolute atomic E-state index is 13.3. The molecule has 1 aromatic rings. The fourth-order valence-corrected chi connectivity index (χ4v) is 2.83. The van der Waals surface area contributed by atoms with Crippen molar-refractivity contribution in [3.8, 4) is 0 Å². The summed E-state index contributed by atoms with van der Waals surface area (Å²) in [5, 5.41) is 12.8. The molecule has 0 radical (unpaired) electrons. The standard InChI is InChI=1S/C15H19F2NO4/c1-20-12(19)13(8-14(16,17)9-13)18-15(10-22-15)21-7-11-5-3-2-4-6-11/h2-6,12,18-19H,7-10H2,1H3. The Morgan fingerprint density at radius 1 is 1.32 bits per heavy atom. The van der Waals surface area contributed by atoms with Crippen molar-refractivity contribution in [2.45, 2.75) is 43.1 Å². The van der Waals surface area contributed by atoms with Crippen molar-refractivity contribution in [3.05, 3.63) is 35.9 Å². The summed E-state index contributed by atoms with van der Waals surface area (Å²) in [6.45, 7) is 0.521. The first kappa shape index (κ1) is 15.8. The lowest BCUT2D eigenvalue weighted by Crippen LogP contribution is -2.70. The molecule has 0 aromatic heterocycles. The van der Waals surface area contributed by atoms with Crippen LogP contribution < -0.4 is 5.32 Å². The van der Waals surface area contributed by atoms with E-state index in [1.165, 1.54) is 7.11 Å². The quantitative estimate of drug-likeness (QED) is 0.591. The van der Waals surface area contributed by atoms with Gasteiger partial charge in [0.1, 0.15) is 6.61 Å². The number of hydrogen-bond donors (Lipinski definition) is 2.